The maximum Gasteiger partial charge on any atom is 0.299 e. The van der Waals surface area contributed by atoms with Crippen molar-refractivity contribution in [2.24, 2.45) is 0 Å². The van der Waals surface area contributed by atoms with Crippen molar-refractivity contribution in [2.75, 3.05) is 4.90 Å². The number of amides is 1. The summed E-state index contributed by atoms with van der Waals surface area (Å²) in [6.07, 6.45) is 0. The number of rotatable bonds is 2. The lowest BCUT2D eigenvalue weighted by Crippen LogP contribution is -2.29. The molecule has 2 aromatic rings. The lowest BCUT2D eigenvalue weighted by atomic mass is 10.1. The van der Waals surface area contributed by atoms with Crippen LogP contribution in [0.4, 0.5) is 10.1 Å². The number of ketones is 1. The van der Waals surface area contributed by atoms with Gasteiger partial charge in [0.25, 0.3) is 11.7 Å². The predicted octanol–water partition coefficient (Wildman–Crippen LogP) is 2.32. The van der Waals surface area contributed by atoms with Gasteiger partial charge in [-0.3, -0.25) is 14.5 Å². The number of nitrogens with zero attached hydrogens (tertiary/aromatic N) is 2. The molecule has 0 saturated heterocycles. The van der Waals surface area contributed by atoms with E-state index in [0.717, 1.165) is 5.01 Å². The Morgan fingerprint density at radius 3 is 2.84 bits per heavy atom. The third kappa shape index (κ3) is 1.94. The number of carbonyl (C=O) groups excluding carboxylic acids is 2. The van der Waals surface area contributed by atoms with Crippen molar-refractivity contribution < 1.29 is 14.0 Å². The summed E-state index contributed by atoms with van der Waals surface area (Å²) in [5.74, 6) is -1.70. The molecular formula is C13H9FN2O2S. The number of hydrogen-bond donors (Lipinski definition) is 0. The monoisotopic (exact) mass is 276 g/mol. The number of fused-ring (bicyclic) bond motifs is 1. The number of halogens is 1. The minimum Gasteiger partial charge on any atom is -0.299 e. The quantitative estimate of drug-likeness (QED) is 0.791. The van der Waals surface area contributed by atoms with Crippen molar-refractivity contribution in [1.82, 2.24) is 4.98 Å². The second-order valence-electron chi connectivity index (χ2n) is 4.24. The Balaban J connectivity index is 2.01. The Morgan fingerprint density at radius 2 is 2.16 bits per heavy atom. The molecule has 1 aromatic carbocycles. The fraction of sp³-hybridized carbons (Fsp3) is 0.154. The molecule has 4 nitrogen and oxygen atoms in total. The molecule has 0 unspecified atom stereocenters. The molecule has 0 saturated carbocycles. The number of aromatic nitrogens is 1. The second kappa shape index (κ2) is 4.24. The van der Waals surface area contributed by atoms with E-state index in [1.54, 1.807) is 0 Å². The third-order valence-corrected chi connectivity index (χ3v) is 3.74. The van der Waals surface area contributed by atoms with Crippen molar-refractivity contribution in [3.63, 3.8) is 0 Å². The van der Waals surface area contributed by atoms with Crippen LogP contribution in [0, 0.1) is 12.7 Å². The van der Waals surface area contributed by atoms with Gasteiger partial charge >= 0.3 is 0 Å². The van der Waals surface area contributed by atoms with E-state index in [4.69, 9.17) is 0 Å². The highest BCUT2D eigenvalue weighted by Gasteiger charge is 2.36. The highest BCUT2D eigenvalue weighted by Crippen LogP contribution is 2.31. The Bertz CT molecular complexity index is 696. The molecule has 0 fully saturated rings. The lowest BCUT2D eigenvalue weighted by molar-refractivity contribution is -0.114. The van der Waals surface area contributed by atoms with Crippen molar-refractivity contribution >= 4 is 28.7 Å². The molecule has 96 valence electrons. The van der Waals surface area contributed by atoms with Gasteiger partial charge in [0.2, 0.25) is 0 Å². The first-order chi connectivity index (χ1) is 9.06. The molecule has 3 rings (SSSR count). The van der Waals surface area contributed by atoms with Gasteiger partial charge in [-0.2, -0.15) is 0 Å². The van der Waals surface area contributed by atoms with Crippen LogP contribution in [0.25, 0.3) is 0 Å². The van der Waals surface area contributed by atoms with Gasteiger partial charge < -0.3 is 0 Å². The van der Waals surface area contributed by atoms with Crippen LogP contribution in [-0.4, -0.2) is 16.7 Å². The maximum atomic E-state index is 13.3. The molecular weight excluding hydrogens is 267 g/mol. The first kappa shape index (κ1) is 12.0. The normalized spacial score (nSPS) is 14.1. The predicted molar refractivity (Wildman–Crippen MR) is 68.8 cm³/mol. The number of aryl methyl sites for hydroxylation is 1. The van der Waals surface area contributed by atoms with E-state index in [2.05, 4.69) is 4.98 Å². The van der Waals surface area contributed by atoms with Crippen molar-refractivity contribution in [3.8, 4) is 0 Å². The molecule has 1 aliphatic rings. The van der Waals surface area contributed by atoms with Crippen LogP contribution in [0.2, 0.25) is 0 Å². The van der Waals surface area contributed by atoms with Crippen molar-refractivity contribution in [2.45, 2.75) is 13.5 Å². The first-order valence-corrected chi connectivity index (χ1v) is 6.51. The van der Waals surface area contributed by atoms with Crippen LogP contribution in [-0.2, 0) is 11.3 Å². The Hall–Kier alpha value is -2.08. The molecule has 0 atom stereocenters. The van der Waals surface area contributed by atoms with Crippen LogP contribution in [0.5, 0.6) is 0 Å². The Labute approximate surface area is 112 Å². The molecule has 1 amide bonds. The smallest absolute Gasteiger partial charge is 0.299 e. The topological polar surface area (TPSA) is 50.3 Å². The average Bonchev–Trinajstić information content (AvgIpc) is 2.88. The van der Waals surface area contributed by atoms with E-state index >= 15 is 0 Å². The largest absolute Gasteiger partial charge is 0.299 e. The Morgan fingerprint density at radius 1 is 1.37 bits per heavy atom. The average molecular weight is 276 g/mol. The summed E-state index contributed by atoms with van der Waals surface area (Å²) in [4.78, 5) is 29.2. The van der Waals surface area contributed by atoms with E-state index < -0.39 is 17.5 Å². The zero-order chi connectivity index (χ0) is 13.6. The summed E-state index contributed by atoms with van der Waals surface area (Å²) in [5, 5.41) is 2.71. The highest BCUT2D eigenvalue weighted by molar-refractivity contribution is 7.09. The van der Waals surface area contributed by atoms with E-state index in [1.807, 2.05) is 12.3 Å². The number of thiazole rings is 1. The van der Waals surface area contributed by atoms with Crippen LogP contribution < -0.4 is 4.90 Å². The van der Waals surface area contributed by atoms with Gasteiger partial charge in [0, 0.05) is 5.38 Å². The second-order valence-corrected chi connectivity index (χ2v) is 5.30. The molecule has 1 aliphatic heterocycles. The van der Waals surface area contributed by atoms with Gasteiger partial charge in [-0.15, -0.1) is 11.3 Å². The molecule has 0 bridgehead atoms. The summed E-state index contributed by atoms with van der Waals surface area (Å²) >= 11 is 1.47. The molecule has 0 aliphatic carbocycles. The van der Waals surface area contributed by atoms with Gasteiger partial charge in [-0.25, -0.2) is 9.37 Å². The standard InChI is InChI=1S/C13H9FN2O2S/c1-7-15-9(6-19-7)5-16-11-4-8(14)2-3-10(11)12(17)13(16)18/h2-4,6H,5H2,1H3. The summed E-state index contributed by atoms with van der Waals surface area (Å²) in [6.45, 7) is 2.05. The lowest BCUT2D eigenvalue weighted by Gasteiger charge is -2.14. The highest BCUT2D eigenvalue weighted by atomic mass is 32.1. The molecule has 0 N–H and O–H groups in total. The number of anilines is 1. The van der Waals surface area contributed by atoms with Crippen LogP contribution in [0.3, 0.4) is 0 Å². The first-order valence-electron chi connectivity index (χ1n) is 5.63. The maximum absolute atomic E-state index is 13.3. The van der Waals surface area contributed by atoms with Crippen molar-refractivity contribution in [1.29, 1.82) is 0 Å². The van der Waals surface area contributed by atoms with Crippen LogP contribution in [0.15, 0.2) is 23.6 Å². The van der Waals surface area contributed by atoms with E-state index in [-0.39, 0.29) is 12.1 Å². The van der Waals surface area contributed by atoms with Gasteiger partial charge in [-0.05, 0) is 25.1 Å². The number of Topliss-reactive ketones (excluding diaryl/α,β-unsaturated/α-hetero) is 1. The van der Waals surface area contributed by atoms with E-state index in [0.29, 0.717) is 11.4 Å². The van der Waals surface area contributed by atoms with Crippen LogP contribution in [0.1, 0.15) is 21.1 Å². The minimum absolute atomic E-state index is 0.186. The molecule has 0 radical (unpaired) electrons. The third-order valence-electron chi connectivity index (χ3n) is 2.92. The minimum atomic E-state index is -0.633. The van der Waals surface area contributed by atoms with E-state index in [1.165, 1.54) is 34.4 Å². The van der Waals surface area contributed by atoms with Crippen molar-refractivity contribution in [3.05, 3.63) is 45.7 Å². The van der Waals surface area contributed by atoms with E-state index in [9.17, 15) is 14.0 Å². The number of benzene rings is 1. The van der Waals surface area contributed by atoms with Crippen LogP contribution >= 0.6 is 11.3 Å². The number of carbonyl (C=O) groups is 2. The zero-order valence-corrected chi connectivity index (χ0v) is 10.8. The molecule has 19 heavy (non-hydrogen) atoms. The summed E-state index contributed by atoms with van der Waals surface area (Å²) < 4.78 is 13.3. The fourth-order valence-corrected chi connectivity index (χ4v) is 2.67. The van der Waals surface area contributed by atoms with Gasteiger partial charge in [0.05, 0.1) is 28.5 Å². The zero-order valence-electron chi connectivity index (χ0n) is 10.0. The van der Waals surface area contributed by atoms with Gasteiger partial charge in [0.15, 0.2) is 0 Å². The number of hydrogen-bond acceptors (Lipinski definition) is 4. The van der Waals surface area contributed by atoms with Gasteiger partial charge in [-0.1, -0.05) is 0 Å². The summed E-state index contributed by atoms with van der Waals surface area (Å²) in [5.41, 5.74) is 1.26. The molecule has 1 aromatic heterocycles. The van der Waals surface area contributed by atoms with Gasteiger partial charge in [0.1, 0.15) is 5.82 Å². The SMILES string of the molecule is Cc1nc(CN2C(=O)C(=O)c3ccc(F)cc32)cs1. The fourth-order valence-electron chi connectivity index (χ4n) is 2.07. The molecule has 2 heterocycles. The summed E-state index contributed by atoms with van der Waals surface area (Å²) in [6, 6.07) is 3.73. The molecule has 6 heteroatoms. The Kier molecular flexibility index (Phi) is 2.67. The molecule has 0 spiro atoms. The summed E-state index contributed by atoms with van der Waals surface area (Å²) in [7, 11) is 0.